The van der Waals surface area contributed by atoms with Gasteiger partial charge in [0.25, 0.3) is 0 Å². The molecule has 15 heavy (non-hydrogen) atoms. The molecule has 1 heterocycles. The predicted octanol–water partition coefficient (Wildman–Crippen LogP) is -0.290. The zero-order valence-electron chi connectivity index (χ0n) is 9.20. The van der Waals surface area contributed by atoms with Crippen molar-refractivity contribution in [1.82, 2.24) is 15.1 Å². The van der Waals surface area contributed by atoms with E-state index in [1.165, 1.54) is 0 Å². The number of nitrogens with one attached hydrogen (secondary N) is 1. The van der Waals surface area contributed by atoms with Crippen LogP contribution in [0.1, 0.15) is 25.6 Å². The Hall–Kier alpha value is -1.27. The molecule has 6 N–H and O–H groups in total. The van der Waals surface area contributed by atoms with E-state index in [1.54, 1.807) is 4.68 Å². The number of aliphatic hydroxyl groups excluding tert-OH is 1. The number of nitrogens with two attached hydrogens (primary N) is 2. The van der Waals surface area contributed by atoms with Crippen molar-refractivity contribution in [3.63, 3.8) is 0 Å². The summed E-state index contributed by atoms with van der Waals surface area (Å²) in [6.07, 6.45) is 0. The second kappa shape index (κ2) is 4.99. The summed E-state index contributed by atoms with van der Waals surface area (Å²) in [5, 5.41) is 15.9. The Bertz CT molecular complexity index is 321. The molecule has 0 bridgehead atoms. The number of aromatic nitrogens is 2. The molecule has 6 nitrogen and oxygen atoms in total. The topological polar surface area (TPSA) is 102 Å². The molecule has 0 saturated carbocycles. The van der Waals surface area contributed by atoms with Gasteiger partial charge in [-0.3, -0.25) is 0 Å². The maximum atomic E-state index is 8.62. The lowest BCUT2D eigenvalue weighted by atomic mass is 10.3. The Kier molecular flexibility index (Phi) is 3.93. The van der Waals surface area contributed by atoms with Gasteiger partial charge in [-0.1, -0.05) is 0 Å². The number of nitrogens with zero attached hydrogens (tertiary/aromatic N) is 2. The van der Waals surface area contributed by atoms with E-state index < -0.39 is 0 Å². The van der Waals surface area contributed by atoms with E-state index in [0.717, 1.165) is 5.69 Å². The normalized spacial score (nSPS) is 11.2. The number of anilines is 2. The Morgan fingerprint density at radius 2 is 2.13 bits per heavy atom. The molecule has 1 rings (SSSR count). The van der Waals surface area contributed by atoms with Crippen LogP contribution in [0.25, 0.3) is 0 Å². The van der Waals surface area contributed by atoms with Crippen LogP contribution in [0.5, 0.6) is 0 Å². The lowest BCUT2D eigenvalue weighted by Gasteiger charge is -2.06. The average Bonchev–Trinajstić information content (AvgIpc) is 2.46. The van der Waals surface area contributed by atoms with Crippen LogP contribution in [0.4, 0.5) is 11.5 Å². The van der Waals surface area contributed by atoms with E-state index >= 15 is 0 Å². The van der Waals surface area contributed by atoms with E-state index in [2.05, 4.69) is 10.4 Å². The van der Waals surface area contributed by atoms with Crippen molar-refractivity contribution >= 4 is 11.5 Å². The SMILES string of the molecule is CC(C)n1nc(CNCCO)c(N)c1N. The molecule has 6 heteroatoms. The summed E-state index contributed by atoms with van der Waals surface area (Å²) >= 11 is 0. The summed E-state index contributed by atoms with van der Waals surface area (Å²) < 4.78 is 1.70. The van der Waals surface area contributed by atoms with Crippen LogP contribution in [0, 0.1) is 0 Å². The zero-order valence-corrected chi connectivity index (χ0v) is 9.20. The highest BCUT2D eigenvalue weighted by atomic mass is 16.3. The molecule has 0 fully saturated rings. The second-order valence-electron chi connectivity index (χ2n) is 3.68. The molecule has 0 atom stereocenters. The number of nitrogen functional groups attached to an aromatic ring is 2. The first-order valence-electron chi connectivity index (χ1n) is 5.01. The number of hydrogen-bond acceptors (Lipinski definition) is 5. The lowest BCUT2D eigenvalue weighted by Crippen LogP contribution is -2.18. The maximum absolute atomic E-state index is 8.62. The molecule has 0 radical (unpaired) electrons. The monoisotopic (exact) mass is 213 g/mol. The van der Waals surface area contributed by atoms with Crippen LogP contribution < -0.4 is 16.8 Å². The zero-order chi connectivity index (χ0) is 11.4. The summed E-state index contributed by atoms with van der Waals surface area (Å²) in [6, 6.07) is 0.193. The molecule has 0 aliphatic carbocycles. The summed E-state index contributed by atoms with van der Waals surface area (Å²) in [5.41, 5.74) is 12.9. The quantitative estimate of drug-likeness (QED) is 0.503. The minimum absolute atomic E-state index is 0.0975. The Morgan fingerprint density at radius 1 is 1.47 bits per heavy atom. The molecule has 1 aromatic heterocycles. The molecule has 0 amide bonds. The number of hydrogen-bond donors (Lipinski definition) is 4. The lowest BCUT2D eigenvalue weighted by molar-refractivity contribution is 0.291. The van der Waals surface area contributed by atoms with Crippen molar-refractivity contribution in [3.8, 4) is 0 Å². The molecule has 0 aromatic carbocycles. The largest absolute Gasteiger partial charge is 0.395 e. The second-order valence-corrected chi connectivity index (χ2v) is 3.68. The van der Waals surface area contributed by atoms with Gasteiger partial charge in [0.05, 0.1) is 12.3 Å². The van der Waals surface area contributed by atoms with E-state index in [-0.39, 0.29) is 12.6 Å². The smallest absolute Gasteiger partial charge is 0.145 e. The van der Waals surface area contributed by atoms with E-state index in [0.29, 0.717) is 24.6 Å². The fraction of sp³-hybridized carbons (Fsp3) is 0.667. The maximum Gasteiger partial charge on any atom is 0.145 e. The van der Waals surface area contributed by atoms with Crippen molar-refractivity contribution < 1.29 is 5.11 Å². The van der Waals surface area contributed by atoms with Crippen LogP contribution >= 0.6 is 0 Å². The van der Waals surface area contributed by atoms with Gasteiger partial charge in [-0.05, 0) is 13.8 Å². The molecule has 1 aromatic rings. The third kappa shape index (κ3) is 2.60. The molecule has 86 valence electrons. The van der Waals surface area contributed by atoms with Crippen LogP contribution in [-0.2, 0) is 6.54 Å². The predicted molar refractivity (Wildman–Crippen MR) is 60.2 cm³/mol. The van der Waals surface area contributed by atoms with Crippen molar-refractivity contribution in [1.29, 1.82) is 0 Å². The average molecular weight is 213 g/mol. The number of rotatable bonds is 5. The molecular weight excluding hydrogens is 194 g/mol. The van der Waals surface area contributed by atoms with Gasteiger partial charge in [-0.25, -0.2) is 4.68 Å². The molecule has 0 saturated heterocycles. The molecular formula is C9H19N5O. The first-order chi connectivity index (χ1) is 7.07. The van der Waals surface area contributed by atoms with Gasteiger partial charge < -0.3 is 21.9 Å². The van der Waals surface area contributed by atoms with Gasteiger partial charge in [-0.2, -0.15) is 5.10 Å². The molecule has 0 unspecified atom stereocenters. The molecule has 0 spiro atoms. The van der Waals surface area contributed by atoms with E-state index in [4.69, 9.17) is 16.6 Å². The van der Waals surface area contributed by atoms with Crippen molar-refractivity contribution in [2.24, 2.45) is 0 Å². The van der Waals surface area contributed by atoms with Crippen molar-refractivity contribution in [2.45, 2.75) is 26.4 Å². The van der Waals surface area contributed by atoms with Crippen LogP contribution in [-0.4, -0.2) is 28.0 Å². The Balaban J connectivity index is 2.76. The first kappa shape index (κ1) is 11.8. The molecule has 0 aliphatic heterocycles. The molecule has 0 aliphatic rings. The van der Waals surface area contributed by atoms with Crippen LogP contribution in [0.15, 0.2) is 0 Å². The van der Waals surface area contributed by atoms with Crippen LogP contribution in [0.2, 0.25) is 0 Å². The Labute approximate surface area is 89.3 Å². The minimum atomic E-state index is 0.0975. The number of aliphatic hydroxyl groups is 1. The van der Waals surface area contributed by atoms with Gasteiger partial charge in [0.15, 0.2) is 0 Å². The van der Waals surface area contributed by atoms with Gasteiger partial charge in [0.2, 0.25) is 0 Å². The fourth-order valence-corrected chi connectivity index (χ4v) is 1.32. The summed E-state index contributed by atoms with van der Waals surface area (Å²) in [7, 11) is 0. The fourth-order valence-electron chi connectivity index (χ4n) is 1.32. The summed E-state index contributed by atoms with van der Waals surface area (Å²) in [5.74, 6) is 0.505. The van der Waals surface area contributed by atoms with Gasteiger partial charge in [-0.15, -0.1) is 0 Å². The van der Waals surface area contributed by atoms with Crippen molar-refractivity contribution in [3.05, 3.63) is 5.69 Å². The van der Waals surface area contributed by atoms with Crippen molar-refractivity contribution in [2.75, 3.05) is 24.6 Å². The highest BCUT2D eigenvalue weighted by molar-refractivity contribution is 5.62. The third-order valence-electron chi connectivity index (χ3n) is 2.13. The third-order valence-corrected chi connectivity index (χ3v) is 2.13. The van der Waals surface area contributed by atoms with Gasteiger partial charge in [0.1, 0.15) is 11.5 Å². The highest BCUT2D eigenvalue weighted by Gasteiger charge is 2.13. The van der Waals surface area contributed by atoms with Crippen LogP contribution in [0.3, 0.4) is 0 Å². The first-order valence-corrected chi connectivity index (χ1v) is 5.01. The minimum Gasteiger partial charge on any atom is -0.395 e. The summed E-state index contributed by atoms with van der Waals surface area (Å²) in [4.78, 5) is 0. The van der Waals surface area contributed by atoms with Gasteiger partial charge >= 0.3 is 0 Å². The van der Waals surface area contributed by atoms with E-state index in [1.807, 2.05) is 13.8 Å². The Morgan fingerprint density at radius 3 is 2.60 bits per heavy atom. The summed E-state index contributed by atoms with van der Waals surface area (Å²) in [6.45, 7) is 5.13. The highest BCUT2D eigenvalue weighted by Crippen LogP contribution is 2.22. The standard InChI is InChI=1S/C9H19N5O/c1-6(2)14-9(11)8(10)7(13-14)5-12-3-4-15/h6,12,15H,3-5,10-11H2,1-2H3. The van der Waals surface area contributed by atoms with E-state index in [9.17, 15) is 0 Å². The van der Waals surface area contributed by atoms with Gasteiger partial charge in [0, 0.05) is 19.1 Å².